The molecule has 1 N–H and O–H groups in total. The Kier molecular flexibility index (Phi) is 5.70. The van der Waals surface area contributed by atoms with Crippen LogP contribution >= 0.6 is 0 Å². The first-order valence-electron chi connectivity index (χ1n) is 7.03. The van der Waals surface area contributed by atoms with Crippen molar-refractivity contribution in [2.75, 3.05) is 20.3 Å². The van der Waals surface area contributed by atoms with Crippen molar-refractivity contribution in [1.82, 2.24) is 19.9 Å². The van der Waals surface area contributed by atoms with Crippen LogP contribution in [-0.4, -0.2) is 34.8 Å². The third-order valence-electron chi connectivity index (χ3n) is 3.09. The zero-order chi connectivity index (χ0) is 14.2. The highest BCUT2D eigenvalue weighted by molar-refractivity contribution is 5.34. The second-order valence-corrected chi connectivity index (χ2v) is 4.62. The Morgan fingerprint density at radius 3 is 3.00 bits per heavy atom. The molecule has 0 aromatic carbocycles. The molecule has 5 heteroatoms. The predicted molar refractivity (Wildman–Crippen MR) is 78.9 cm³/mol. The summed E-state index contributed by atoms with van der Waals surface area (Å²) in [5.74, 6) is 2.02. The van der Waals surface area contributed by atoms with Crippen LogP contribution in [0.2, 0.25) is 0 Å². The smallest absolute Gasteiger partial charge is 0.142 e. The minimum atomic E-state index is 0.710. The molecule has 5 nitrogen and oxygen atoms in total. The number of methoxy groups -OCH3 is 1. The van der Waals surface area contributed by atoms with E-state index in [2.05, 4.69) is 32.8 Å². The van der Waals surface area contributed by atoms with Gasteiger partial charge in [-0.3, -0.25) is 4.57 Å². The number of rotatable bonds is 8. The van der Waals surface area contributed by atoms with Crippen LogP contribution in [0.25, 0.3) is 5.82 Å². The van der Waals surface area contributed by atoms with E-state index in [0.29, 0.717) is 6.61 Å². The molecule has 0 fully saturated rings. The summed E-state index contributed by atoms with van der Waals surface area (Å²) < 4.78 is 7.12. The van der Waals surface area contributed by atoms with E-state index in [-0.39, 0.29) is 0 Å². The fourth-order valence-electron chi connectivity index (χ4n) is 2.12. The molecule has 0 saturated carbocycles. The van der Waals surface area contributed by atoms with E-state index in [1.165, 1.54) is 5.56 Å². The van der Waals surface area contributed by atoms with E-state index in [1.807, 2.05) is 24.7 Å². The first-order valence-corrected chi connectivity index (χ1v) is 7.03. The number of hydrogen-bond acceptors (Lipinski definition) is 4. The monoisotopic (exact) mass is 274 g/mol. The first-order chi connectivity index (χ1) is 9.86. The van der Waals surface area contributed by atoms with Gasteiger partial charge in [-0.2, -0.15) is 0 Å². The topological polar surface area (TPSA) is 52.0 Å². The molecule has 0 atom stereocenters. The highest BCUT2D eigenvalue weighted by Gasteiger charge is 2.09. The number of imidazole rings is 1. The van der Waals surface area contributed by atoms with E-state index in [1.54, 1.807) is 7.11 Å². The Morgan fingerprint density at radius 1 is 1.30 bits per heavy atom. The standard InChI is InChI=1S/C15H22N4O/c1-3-5-14-17-8-10-19(14)15-13(6-4-7-18-15)12-16-9-11-20-2/h4,6-8,10,16H,3,5,9,11-12H2,1-2H3. The lowest BCUT2D eigenvalue weighted by Crippen LogP contribution is -2.20. The van der Waals surface area contributed by atoms with Crippen molar-refractivity contribution in [3.63, 3.8) is 0 Å². The van der Waals surface area contributed by atoms with Crippen LogP contribution in [0.3, 0.4) is 0 Å². The minimum Gasteiger partial charge on any atom is -0.383 e. The number of aryl methyl sites for hydroxylation is 1. The largest absolute Gasteiger partial charge is 0.383 e. The van der Waals surface area contributed by atoms with Gasteiger partial charge < -0.3 is 10.1 Å². The minimum absolute atomic E-state index is 0.710. The van der Waals surface area contributed by atoms with Gasteiger partial charge in [0.05, 0.1) is 6.61 Å². The van der Waals surface area contributed by atoms with Crippen LogP contribution in [0.4, 0.5) is 0 Å². The summed E-state index contributed by atoms with van der Waals surface area (Å²) in [6.45, 7) is 4.47. The van der Waals surface area contributed by atoms with E-state index in [4.69, 9.17) is 4.74 Å². The van der Waals surface area contributed by atoms with Gasteiger partial charge in [0.25, 0.3) is 0 Å². The van der Waals surface area contributed by atoms with Crippen molar-refractivity contribution >= 4 is 0 Å². The molecular weight excluding hydrogens is 252 g/mol. The Labute approximate surface area is 120 Å². The third kappa shape index (κ3) is 3.65. The van der Waals surface area contributed by atoms with Crippen molar-refractivity contribution in [3.05, 3.63) is 42.1 Å². The van der Waals surface area contributed by atoms with Gasteiger partial charge in [-0.15, -0.1) is 0 Å². The second kappa shape index (κ2) is 7.77. The van der Waals surface area contributed by atoms with Crippen LogP contribution in [0, 0.1) is 0 Å². The van der Waals surface area contributed by atoms with Crippen molar-refractivity contribution < 1.29 is 4.74 Å². The molecule has 2 aromatic heterocycles. The fourth-order valence-corrected chi connectivity index (χ4v) is 2.12. The lowest BCUT2D eigenvalue weighted by atomic mass is 10.2. The quantitative estimate of drug-likeness (QED) is 0.748. The summed E-state index contributed by atoms with van der Waals surface area (Å²) in [5.41, 5.74) is 1.17. The normalized spacial score (nSPS) is 10.9. The lowest BCUT2D eigenvalue weighted by molar-refractivity contribution is 0.199. The number of aromatic nitrogens is 3. The predicted octanol–water partition coefficient (Wildman–Crippen LogP) is 1.96. The Hall–Kier alpha value is -1.72. The molecular formula is C15H22N4O. The second-order valence-electron chi connectivity index (χ2n) is 4.62. The highest BCUT2D eigenvalue weighted by atomic mass is 16.5. The van der Waals surface area contributed by atoms with Gasteiger partial charge in [0.2, 0.25) is 0 Å². The van der Waals surface area contributed by atoms with Gasteiger partial charge in [-0.05, 0) is 12.5 Å². The number of nitrogens with one attached hydrogen (secondary N) is 1. The SMILES string of the molecule is CCCc1nccn1-c1ncccc1CNCCOC. The molecule has 0 aliphatic carbocycles. The molecule has 0 aliphatic heterocycles. The highest BCUT2D eigenvalue weighted by Crippen LogP contribution is 2.14. The van der Waals surface area contributed by atoms with Gasteiger partial charge >= 0.3 is 0 Å². The number of hydrogen-bond donors (Lipinski definition) is 1. The molecule has 0 bridgehead atoms. The molecule has 0 amide bonds. The molecule has 0 saturated heterocycles. The average Bonchev–Trinajstić information content (AvgIpc) is 2.93. The van der Waals surface area contributed by atoms with Crippen LogP contribution in [0.5, 0.6) is 0 Å². The summed E-state index contributed by atoms with van der Waals surface area (Å²) in [5, 5.41) is 3.36. The Morgan fingerprint density at radius 2 is 2.20 bits per heavy atom. The summed E-state index contributed by atoms with van der Waals surface area (Å²) in [6, 6.07) is 4.06. The Bertz CT molecular complexity index is 524. The van der Waals surface area contributed by atoms with Gasteiger partial charge in [-0.25, -0.2) is 9.97 Å². The summed E-state index contributed by atoms with van der Waals surface area (Å²) in [6.07, 6.45) is 7.67. The summed E-state index contributed by atoms with van der Waals surface area (Å²) >= 11 is 0. The van der Waals surface area contributed by atoms with Crippen LogP contribution in [0.15, 0.2) is 30.7 Å². The van der Waals surface area contributed by atoms with Gasteiger partial charge in [-0.1, -0.05) is 13.0 Å². The van der Waals surface area contributed by atoms with E-state index >= 15 is 0 Å². The van der Waals surface area contributed by atoms with Crippen molar-refractivity contribution in [1.29, 1.82) is 0 Å². The van der Waals surface area contributed by atoms with Crippen LogP contribution < -0.4 is 5.32 Å². The first kappa shape index (κ1) is 14.7. The van der Waals surface area contributed by atoms with Crippen LogP contribution in [0.1, 0.15) is 24.7 Å². The number of ether oxygens (including phenoxy) is 1. The van der Waals surface area contributed by atoms with E-state index in [0.717, 1.165) is 37.6 Å². The molecule has 0 spiro atoms. The molecule has 0 radical (unpaired) electrons. The fraction of sp³-hybridized carbons (Fsp3) is 0.467. The Balaban J connectivity index is 2.16. The maximum Gasteiger partial charge on any atom is 0.142 e. The average molecular weight is 274 g/mol. The molecule has 0 aliphatic rings. The zero-order valence-electron chi connectivity index (χ0n) is 12.2. The maximum absolute atomic E-state index is 5.04. The number of pyridine rings is 1. The number of nitrogens with zero attached hydrogens (tertiary/aromatic N) is 3. The lowest BCUT2D eigenvalue weighted by Gasteiger charge is -2.12. The maximum atomic E-state index is 5.04. The van der Waals surface area contributed by atoms with E-state index in [9.17, 15) is 0 Å². The zero-order valence-corrected chi connectivity index (χ0v) is 12.2. The third-order valence-corrected chi connectivity index (χ3v) is 3.09. The molecule has 2 heterocycles. The molecule has 108 valence electrons. The van der Waals surface area contributed by atoms with Crippen molar-refractivity contribution in [2.24, 2.45) is 0 Å². The molecule has 20 heavy (non-hydrogen) atoms. The van der Waals surface area contributed by atoms with Gasteiger partial charge in [0.1, 0.15) is 11.6 Å². The molecule has 2 rings (SSSR count). The van der Waals surface area contributed by atoms with Gasteiger partial charge in [0, 0.05) is 50.8 Å². The van der Waals surface area contributed by atoms with Crippen molar-refractivity contribution in [3.8, 4) is 5.82 Å². The molecule has 0 unspecified atom stereocenters. The van der Waals surface area contributed by atoms with E-state index < -0.39 is 0 Å². The van der Waals surface area contributed by atoms with Gasteiger partial charge in [0.15, 0.2) is 0 Å². The van der Waals surface area contributed by atoms with Crippen molar-refractivity contribution in [2.45, 2.75) is 26.3 Å². The van der Waals surface area contributed by atoms with Crippen LogP contribution in [-0.2, 0) is 17.7 Å². The summed E-state index contributed by atoms with van der Waals surface area (Å²) in [4.78, 5) is 8.93. The summed E-state index contributed by atoms with van der Waals surface area (Å²) in [7, 11) is 1.71. The molecule has 2 aromatic rings.